The fraction of sp³-hybridized carbons (Fsp3) is 0.462. The van der Waals surface area contributed by atoms with Crippen LogP contribution in [0.3, 0.4) is 0 Å². The largest absolute Gasteiger partial charge is 0.355 e. The number of nitrogens with one attached hydrogen (secondary N) is 1. The number of nitrogens with zero attached hydrogens (tertiary/aromatic N) is 1. The molecule has 1 amide bonds. The monoisotopic (exact) mass is 252 g/mol. The summed E-state index contributed by atoms with van der Waals surface area (Å²) < 4.78 is 27.2. The Hall–Kier alpha value is -1.65. The third kappa shape index (κ3) is 1.57. The number of rotatable bonds is 0. The molecule has 5 heteroatoms. The highest BCUT2D eigenvalue weighted by atomic mass is 19.2. The van der Waals surface area contributed by atoms with E-state index >= 15 is 0 Å². The number of hydrogen-bond acceptors (Lipinski definition) is 2. The minimum atomic E-state index is -0.873. The molecule has 96 valence electrons. The van der Waals surface area contributed by atoms with Crippen LogP contribution in [0.1, 0.15) is 19.8 Å². The van der Waals surface area contributed by atoms with Gasteiger partial charge in [-0.25, -0.2) is 8.78 Å². The molecule has 1 aromatic rings. The molecule has 1 fully saturated rings. The lowest BCUT2D eigenvalue weighted by Crippen LogP contribution is -2.52. The van der Waals surface area contributed by atoms with Gasteiger partial charge in [-0.1, -0.05) is 6.92 Å². The van der Waals surface area contributed by atoms with Crippen LogP contribution in [0.2, 0.25) is 0 Å². The fourth-order valence-corrected chi connectivity index (χ4v) is 2.80. The SMILES string of the molecule is CC1CCN2c3c(ccc(F)c3F)NC(=O)C2C1. The minimum Gasteiger partial charge on any atom is -0.355 e. The number of anilines is 2. The first-order chi connectivity index (χ1) is 8.58. The van der Waals surface area contributed by atoms with E-state index in [9.17, 15) is 13.6 Å². The number of carbonyl (C=O) groups excluding carboxylic acids is 1. The van der Waals surface area contributed by atoms with E-state index in [1.807, 2.05) is 0 Å². The minimum absolute atomic E-state index is 0.125. The molecule has 2 aliphatic heterocycles. The molecule has 3 nitrogen and oxygen atoms in total. The second-order valence-electron chi connectivity index (χ2n) is 5.09. The van der Waals surface area contributed by atoms with E-state index in [2.05, 4.69) is 12.2 Å². The second kappa shape index (κ2) is 3.93. The quantitative estimate of drug-likeness (QED) is 0.769. The van der Waals surface area contributed by atoms with Gasteiger partial charge in [0.15, 0.2) is 11.6 Å². The number of hydrogen-bond donors (Lipinski definition) is 1. The first kappa shape index (κ1) is 11.4. The number of piperidine rings is 1. The normalized spacial score (nSPS) is 26.4. The van der Waals surface area contributed by atoms with E-state index in [1.165, 1.54) is 6.07 Å². The molecule has 2 aliphatic rings. The van der Waals surface area contributed by atoms with Crippen LogP contribution in [-0.4, -0.2) is 18.5 Å². The van der Waals surface area contributed by atoms with Crippen molar-refractivity contribution < 1.29 is 13.6 Å². The van der Waals surface area contributed by atoms with Crippen LogP contribution in [-0.2, 0) is 4.79 Å². The van der Waals surface area contributed by atoms with Gasteiger partial charge in [-0.15, -0.1) is 0 Å². The van der Waals surface area contributed by atoms with E-state index in [0.29, 0.717) is 24.6 Å². The lowest BCUT2D eigenvalue weighted by atomic mass is 9.89. The number of halogens is 2. The van der Waals surface area contributed by atoms with Gasteiger partial charge < -0.3 is 10.2 Å². The van der Waals surface area contributed by atoms with Gasteiger partial charge >= 0.3 is 0 Å². The summed E-state index contributed by atoms with van der Waals surface area (Å²) in [4.78, 5) is 13.7. The van der Waals surface area contributed by atoms with E-state index in [-0.39, 0.29) is 17.6 Å². The first-order valence-electron chi connectivity index (χ1n) is 6.13. The van der Waals surface area contributed by atoms with Crippen molar-refractivity contribution in [1.29, 1.82) is 0 Å². The molecule has 0 saturated carbocycles. The topological polar surface area (TPSA) is 32.3 Å². The van der Waals surface area contributed by atoms with Crippen molar-refractivity contribution in [3.05, 3.63) is 23.8 Å². The van der Waals surface area contributed by atoms with Crippen LogP contribution in [0, 0.1) is 17.6 Å². The Morgan fingerprint density at radius 3 is 2.94 bits per heavy atom. The molecule has 1 N–H and O–H groups in total. The maximum absolute atomic E-state index is 13.9. The Kier molecular flexibility index (Phi) is 2.50. The molecule has 0 aliphatic carbocycles. The molecule has 0 aromatic heterocycles. The Morgan fingerprint density at radius 1 is 1.39 bits per heavy atom. The van der Waals surface area contributed by atoms with Crippen LogP contribution in [0.5, 0.6) is 0 Å². The van der Waals surface area contributed by atoms with Crippen molar-refractivity contribution in [2.45, 2.75) is 25.8 Å². The highest BCUT2D eigenvalue weighted by Gasteiger charge is 2.38. The molecular weight excluding hydrogens is 238 g/mol. The Labute approximate surface area is 104 Å². The summed E-state index contributed by atoms with van der Waals surface area (Å²) in [5.41, 5.74) is 0.566. The molecule has 2 atom stereocenters. The number of carbonyl (C=O) groups is 1. The third-order valence-corrected chi connectivity index (χ3v) is 3.78. The van der Waals surface area contributed by atoms with Gasteiger partial charge in [0.2, 0.25) is 5.91 Å². The molecule has 1 aromatic carbocycles. The molecule has 0 spiro atoms. The average molecular weight is 252 g/mol. The molecule has 18 heavy (non-hydrogen) atoms. The van der Waals surface area contributed by atoms with Crippen LogP contribution < -0.4 is 10.2 Å². The zero-order valence-corrected chi connectivity index (χ0v) is 10.0. The maximum Gasteiger partial charge on any atom is 0.247 e. The van der Waals surface area contributed by atoms with Crippen molar-refractivity contribution in [3.8, 4) is 0 Å². The van der Waals surface area contributed by atoms with Crippen molar-refractivity contribution in [2.75, 3.05) is 16.8 Å². The Morgan fingerprint density at radius 2 is 2.17 bits per heavy atom. The fourth-order valence-electron chi connectivity index (χ4n) is 2.80. The van der Waals surface area contributed by atoms with Gasteiger partial charge in [-0.3, -0.25) is 4.79 Å². The van der Waals surface area contributed by atoms with E-state index in [1.54, 1.807) is 4.90 Å². The number of amides is 1. The van der Waals surface area contributed by atoms with Crippen LogP contribution in [0.15, 0.2) is 12.1 Å². The molecule has 2 heterocycles. The third-order valence-electron chi connectivity index (χ3n) is 3.78. The van der Waals surface area contributed by atoms with Crippen molar-refractivity contribution >= 4 is 17.3 Å². The van der Waals surface area contributed by atoms with Gasteiger partial charge in [-0.2, -0.15) is 0 Å². The predicted molar refractivity (Wildman–Crippen MR) is 64.5 cm³/mol. The molecule has 0 radical (unpaired) electrons. The van der Waals surface area contributed by atoms with Gasteiger partial charge in [-0.05, 0) is 30.9 Å². The number of fused-ring (bicyclic) bond motifs is 3. The molecule has 1 saturated heterocycles. The summed E-state index contributed by atoms with van der Waals surface area (Å²) in [5, 5.41) is 2.66. The first-order valence-corrected chi connectivity index (χ1v) is 6.13. The van der Waals surface area contributed by atoms with Gasteiger partial charge in [0.05, 0.1) is 5.69 Å². The highest BCUT2D eigenvalue weighted by molar-refractivity contribution is 6.03. The van der Waals surface area contributed by atoms with Gasteiger partial charge in [0.25, 0.3) is 0 Å². The predicted octanol–water partition coefficient (Wildman–Crippen LogP) is 2.52. The lowest BCUT2D eigenvalue weighted by molar-refractivity contribution is -0.118. The Bertz CT molecular complexity index is 518. The maximum atomic E-state index is 13.9. The zero-order valence-electron chi connectivity index (χ0n) is 10.0. The van der Waals surface area contributed by atoms with E-state index in [4.69, 9.17) is 0 Å². The molecule has 2 unspecified atom stereocenters. The van der Waals surface area contributed by atoms with Crippen LogP contribution in [0.4, 0.5) is 20.2 Å². The summed E-state index contributed by atoms with van der Waals surface area (Å²) in [6.45, 7) is 2.66. The Balaban J connectivity index is 2.10. The molecule has 3 rings (SSSR count). The van der Waals surface area contributed by atoms with Crippen molar-refractivity contribution in [2.24, 2.45) is 5.92 Å². The molecule has 0 bridgehead atoms. The molecular formula is C13H14F2N2O. The van der Waals surface area contributed by atoms with E-state index < -0.39 is 11.6 Å². The summed E-state index contributed by atoms with van der Waals surface area (Å²) in [7, 11) is 0. The van der Waals surface area contributed by atoms with Crippen molar-refractivity contribution in [1.82, 2.24) is 0 Å². The summed E-state index contributed by atoms with van der Waals surface area (Å²) in [5.74, 6) is -1.44. The number of benzene rings is 1. The second-order valence-corrected chi connectivity index (χ2v) is 5.09. The smallest absolute Gasteiger partial charge is 0.247 e. The summed E-state index contributed by atoms with van der Waals surface area (Å²) >= 11 is 0. The standard InChI is InChI=1S/C13H14F2N2O/c1-7-4-5-17-10(6-7)13(18)16-9-3-2-8(14)11(15)12(9)17/h2-3,7,10H,4-6H2,1H3,(H,16,18). The summed E-state index contributed by atoms with van der Waals surface area (Å²) in [6.07, 6.45) is 1.57. The van der Waals surface area contributed by atoms with Gasteiger partial charge in [0.1, 0.15) is 11.7 Å². The van der Waals surface area contributed by atoms with Crippen LogP contribution >= 0.6 is 0 Å². The average Bonchev–Trinajstić information content (AvgIpc) is 2.34. The van der Waals surface area contributed by atoms with Gasteiger partial charge in [0, 0.05) is 6.54 Å². The van der Waals surface area contributed by atoms with Crippen LogP contribution in [0.25, 0.3) is 0 Å². The summed E-state index contributed by atoms with van der Waals surface area (Å²) in [6, 6.07) is 2.08. The lowest BCUT2D eigenvalue weighted by Gasteiger charge is -2.43. The zero-order chi connectivity index (χ0) is 12.9. The van der Waals surface area contributed by atoms with Crippen molar-refractivity contribution in [3.63, 3.8) is 0 Å². The highest BCUT2D eigenvalue weighted by Crippen LogP contribution is 2.39. The van der Waals surface area contributed by atoms with E-state index in [0.717, 1.165) is 12.5 Å².